The zero-order valence-electron chi connectivity index (χ0n) is 23.0. The molecule has 1 aromatic heterocycles. The molecular formula is C27H42N6O3S. The van der Waals surface area contributed by atoms with Gasteiger partial charge in [-0.1, -0.05) is 49.5 Å². The molecule has 0 saturated heterocycles. The van der Waals surface area contributed by atoms with Crippen molar-refractivity contribution in [3.63, 3.8) is 0 Å². The van der Waals surface area contributed by atoms with Crippen molar-refractivity contribution < 1.29 is 14.7 Å². The highest BCUT2D eigenvalue weighted by atomic mass is 32.1. The van der Waals surface area contributed by atoms with Crippen LogP contribution in [0.5, 0.6) is 0 Å². The summed E-state index contributed by atoms with van der Waals surface area (Å²) in [5, 5.41) is 16.4. The number of unbranched alkanes of at least 4 members (excludes halogenated alkanes) is 1. The number of aliphatic imine (C=N–C) groups is 1. The number of hydrogen-bond acceptors (Lipinski definition) is 7. The number of aliphatic hydroxyl groups is 1. The number of likely N-dealkylation sites (N-methyl/N-ethyl adjacent to an activating group) is 1. The number of aromatic nitrogens is 2. The van der Waals surface area contributed by atoms with Gasteiger partial charge in [0.1, 0.15) is 11.7 Å². The van der Waals surface area contributed by atoms with Gasteiger partial charge < -0.3 is 20.2 Å². The van der Waals surface area contributed by atoms with E-state index in [2.05, 4.69) is 40.7 Å². The molecule has 2 aromatic rings. The molecule has 0 aliphatic carbocycles. The summed E-state index contributed by atoms with van der Waals surface area (Å²) in [7, 11) is 3.56. The molecular weight excluding hydrogens is 488 g/mol. The number of carbonyl (C=O) groups is 2. The van der Waals surface area contributed by atoms with E-state index in [1.165, 1.54) is 11.5 Å². The Balaban J connectivity index is 1.81. The second-order valence-corrected chi connectivity index (χ2v) is 10.4. The summed E-state index contributed by atoms with van der Waals surface area (Å²) in [4.78, 5) is 34.5. The SMILES string of the molecule is CCCN(C=NC)[C@H](C(=O)N(C)CCCCC(=O)NC(C)c1ccc(-c2snnc2CO)cc1)C(C)C. The molecule has 0 bridgehead atoms. The minimum absolute atomic E-state index is 0.00638. The van der Waals surface area contributed by atoms with Gasteiger partial charge in [0.2, 0.25) is 11.8 Å². The van der Waals surface area contributed by atoms with Crippen LogP contribution < -0.4 is 5.32 Å². The Hall–Kier alpha value is -2.85. The molecule has 2 rings (SSSR count). The van der Waals surface area contributed by atoms with E-state index in [4.69, 9.17) is 0 Å². The fourth-order valence-electron chi connectivity index (χ4n) is 4.31. The Bertz CT molecular complexity index is 1010. The van der Waals surface area contributed by atoms with Crippen LogP contribution in [0, 0.1) is 5.92 Å². The molecule has 2 atom stereocenters. The van der Waals surface area contributed by atoms with Gasteiger partial charge in [0, 0.05) is 33.6 Å². The highest BCUT2D eigenvalue weighted by Gasteiger charge is 2.29. The number of rotatable bonds is 15. The first kappa shape index (κ1) is 30.4. The molecule has 0 aliphatic heterocycles. The molecule has 1 aromatic carbocycles. The van der Waals surface area contributed by atoms with Gasteiger partial charge in [0.25, 0.3) is 0 Å². The zero-order chi connectivity index (χ0) is 27.4. The van der Waals surface area contributed by atoms with Crippen molar-refractivity contribution in [2.45, 2.75) is 72.1 Å². The second kappa shape index (κ2) is 15.4. The first-order chi connectivity index (χ1) is 17.7. The van der Waals surface area contributed by atoms with Gasteiger partial charge in [0.15, 0.2) is 0 Å². The van der Waals surface area contributed by atoms with Crippen molar-refractivity contribution in [3.8, 4) is 10.4 Å². The fraction of sp³-hybridized carbons (Fsp3) is 0.593. The third-order valence-corrected chi connectivity index (χ3v) is 7.08. The Morgan fingerprint density at radius 1 is 1.16 bits per heavy atom. The van der Waals surface area contributed by atoms with E-state index in [-0.39, 0.29) is 36.4 Å². The molecule has 1 heterocycles. The highest BCUT2D eigenvalue weighted by molar-refractivity contribution is 7.09. The molecule has 0 saturated carbocycles. The van der Waals surface area contributed by atoms with Crippen LogP contribution in [0.25, 0.3) is 10.4 Å². The predicted molar refractivity (Wildman–Crippen MR) is 149 cm³/mol. The van der Waals surface area contributed by atoms with Gasteiger partial charge in [0.05, 0.1) is 23.9 Å². The van der Waals surface area contributed by atoms with E-state index in [9.17, 15) is 14.7 Å². The minimum Gasteiger partial charge on any atom is -0.390 e. The average molecular weight is 531 g/mol. The summed E-state index contributed by atoms with van der Waals surface area (Å²) in [6.07, 6.45) is 4.59. The molecule has 10 heteroatoms. The smallest absolute Gasteiger partial charge is 0.245 e. The van der Waals surface area contributed by atoms with Crippen LogP contribution in [0.3, 0.4) is 0 Å². The lowest BCUT2D eigenvalue weighted by molar-refractivity contribution is -0.135. The second-order valence-electron chi connectivity index (χ2n) is 9.64. The summed E-state index contributed by atoms with van der Waals surface area (Å²) >= 11 is 1.25. The Kier molecular flexibility index (Phi) is 12.7. The van der Waals surface area contributed by atoms with Crippen LogP contribution >= 0.6 is 11.5 Å². The normalized spacial score (nSPS) is 13.1. The van der Waals surface area contributed by atoms with E-state index in [0.717, 1.165) is 35.4 Å². The molecule has 1 unspecified atom stereocenters. The standard InChI is InChI=1S/C27H42N6O3S/c1-7-15-33(18-28-5)25(19(2)3)27(36)32(6)16-9-8-10-24(35)29-20(4)21-11-13-22(14-12-21)26-23(17-34)30-31-37-26/h11-14,18-20,25,34H,7-10,15-17H2,1-6H3,(H,29,35)/t20?,25-/m0/s1. The fourth-order valence-corrected chi connectivity index (χ4v) is 4.98. The lowest BCUT2D eigenvalue weighted by atomic mass is 10.0. The summed E-state index contributed by atoms with van der Waals surface area (Å²) < 4.78 is 3.91. The van der Waals surface area contributed by atoms with Gasteiger partial charge in [-0.15, -0.1) is 5.10 Å². The predicted octanol–water partition coefficient (Wildman–Crippen LogP) is 3.90. The molecule has 0 radical (unpaired) electrons. The number of amides is 2. The highest BCUT2D eigenvalue weighted by Crippen LogP contribution is 2.27. The summed E-state index contributed by atoms with van der Waals surface area (Å²) in [6, 6.07) is 7.48. The first-order valence-corrected chi connectivity index (χ1v) is 13.8. The Labute approximate surface area is 225 Å². The maximum absolute atomic E-state index is 13.2. The van der Waals surface area contributed by atoms with Crippen LogP contribution in [0.15, 0.2) is 29.3 Å². The monoisotopic (exact) mass is 530 g/mol. The Morgan fingerprint density at radius 2 is 1.86 bits per heavy atom. The first-order valence-electron chi connectivity index (χ1n) is 13.0. The van der Waals surface area contributed by atoms with Crippen molar-refractivity contribution in [1.82, 2.24) is 24.7 Å². The quantitative estimate of drug-likeness (QED) is 0.205. The lowest BCUT2D eigenvalue weighted by Gasteiger charge is -2.34. The maximum Gasteiger partial charge on any atom is 0.245 e. The molecule has 2 amide bonds. The van der Waals surface area contributed by atoms with Gasteiger partial charge in [-0.25, -0.2) is 0 Å². The van der Waals surface area contributed by atoms with Crippen molar-refractivity contribution in [1.29, 1.82) is 0 Å². The van der Waals surface area contributed by atoms with Crippen LogP contribution in [-0.4, -0.2) is 75.9 Å². The average Bonchev–Trinajstić information content (AvgIpc) is 3.35. The van der Waals surface area contributed by atoms with Crippen molar-refractivity contribution in [2.24, 2.45) is 10.9 Å². The largest absolute Gasteiger partial charge is 0.390 e. The van der Waals surface area contributed by atoms with E-state index in [1.807, 2.05) is 43.1 Å². The van der Waals surface area contributed by atoms with E-state index in [1.54, 1.807) is 18.3 Å². The molecule has 37 heavy (non-hydrogen) atoms. The van der Waals surface area contributed by atoms with Crippen LogP contribution in [0.1, 0.15) is 70.7 Å². The topological polar surface area (TPSA) is 111 Å². The molecule has 0 aliphatic rings. The summed E-state index contributed by atoms with van der Waals surface area (Å²) in [6.45, 7) is 9.42. The van der Waals surface area contributed by atoms with Gasteiger partial charge in [-0.05, 0) is 54.8 Å². The molecule has 2 N–H and O–H groups in total. The van der Waals surface area contributed by atoms with Crippen molar-refractivity contribution in [3.05, 3.63) is 35.5 Å². The van der Waals surface area contributed by atoms with E-state index in [0.29, 0.717) is 25.1 Å². The lowest BCUT2D eigenvalue weighted by Crippen LogP contribution is -2.50. The molecule has 204 valence electrons. The number of aliphatic hydroxyl groups excluding tert-OH is 1. The van der Waals surface area contributed by atoms with Gasteiger partial charge in [-0.3, -0.25) is 14.6 Å². The van der Waals surface area contributed by atoms with Crippen molar-refractivity contribution in [2.75, 3.05) is 27.2 Å². The van der Waals surface area contributed by atoms with Gasteiger partial charge in [-0.2, -0.15) is 0 Å². The minimum atomic E-state index is -0.244. The van der Waals surface area contributed by atoms with E-state index >= 15 is 0 Å². The number of carbonyl (C=O) groups excluding carboxylic acids is 2. The number of nitrogens with zero attached hydrogens (tertiary/aromatic N) is 5. The summed E-state index contributed by atoms with van der Waals surface area (Å²) in [5.41, 5.74) is 2.51. The Morgan fingerprint density at radius 3 is 2.46 bits per heavy atom. The van der Waals surface area contributed by atoms with Crippen LogP contribution in [0.2, 0.25) is 0 Å². The zero-order valence-corrected chi connectivity index (χ0v) is 23.8. The molecule has 0 spiro atoms. The third kappa shape index (κ3) is 8.89. The third-order valence-electron chi connectivity index (χ3n) is 6.27. The number of hydrogen-bond donors (Lipinski definition) is 2. The van der Waals surface area contributed by atoms with E-state index < -0.39 is 0 Å². The number of benzene rings is 1. The van der Waals surface area contributed by atoms with Gasteiger partial charge >= 0.3 is 0 Å². The summed E-state index contributed by atoms with van der Waals surface area (Å²) in [5.74, 6) is 0.245. The number of nitrogens with one attached hydrogen (secondary N) is 1. The van der Waals surface area contributed by atoms with Crippen LogP contribution in [0.4, 0.5) is 0 Å². The maximum atomic E-state index is 13.2. The molecule has 9 nitrogen and oxygen atoms in total. The van der Waals surface area contributed by atoms with Crippen LogP contribution in [-0.2, 0) is 16.2 Å². The molecule has 0 fully saturated rings. The van der Waals surface area contributed by atoms with Crippen molar-refractivity contribution >= 4 is 29.7 Å².